The molecule has 3 aromatic heterocycles. The predicted molar refractivity (Wildman–Crippen MR) is 126 cm³/mol. The fourth-order valence-electron chi connectivity index (χ4n) is 5.73. The molecule has 1 aromatic carbocycles. The summed E-state index contributed by atoms with van der Waals surface area (Å²) in [5, 5.41) is 5.86. The van der Waals surface area contributed by atoms with Crippen molar-refractivity contribution in [1.29, 1.82) is 0 Å². The summed E-state index contributed by atoms with van der Waals surface area (Å²) in [6, 6.07) is 8.07. The summed E-state index contributed by atoms with van der Waals surface area (Å²) >= 11 is 1.55. The van der Waals surface area contributed by atoms with Crippen molar-refractivity contribution in [2.45, 2.75) is 32.4 Å². The molecule has 4 heterocycles. The van der Waals surface area contributed by atoms with Crippen LogP contribution < -0.4 is 4.90 Å². The van der Waals surface area contributed by atoms with Crippen molar-refractivity contribution >= 4 is 22.2 Å². The van der Waals surface area contributed by atoms with Crippen LogP contribution in [-0.4, -0.2) is 32.1 Å². The van der Waals surface area contributed by atoms with Gasteiger partial charge in [-0.1, -0.05) is 0 Å². The van der Waals surface area contributed by atoms with Crippen LogP contribution in [-0.2, 0) is 12.6 Å². The Morgan fingerprint density at radius 2 is 1.86 bits per heavy atom. The molecule has 1 saturated carbocycles. The van der Waals surface area contributed by atoms with Crippen molar-refractivity contribution in [3.05, 3.63) is 65.5 Å². The van der Waals surface area contributed by atoms with Crippen LogP contribution in [0.1, 0.15) is 29.9 Å². The van der Waals surface area contributed by atoms with Crippen molar-refractivity contribution in [3.8, 4) is 11.1 Å². The second-order valence-electron chi connectivity index (χ2n) is 9.62. The molecule has 2 aliphatic rings. The number of benzene rings is 1. The van der Waals surface area contributed by atoms with E-state index in [0.29, 0.717) is 40.9 Å². The van der Waals surface area contributed by atoms with Gasteiger partial charge >= 0.3 is 6.18 Å². The smallest absolute Gasteiger partial charge is 0.362 e. The van der Waals surface area contributed by atoms with E-state index < -0.39 is 17.6 Å². The third-order valence-corrected chi connectivity index (χ3v) is 8.26. The van der Waals surface area contributed by atoms with Gasteiger partial charge in [-0.25, -0.2) is 13.9 Å². The van der Waals surface area contributed by atoms with Crippen molar-refractivity contribution in [2.24, 2.45) is 17.8 Å². The van der Waals surface area contributed by atoms with E-state index in [2.05, 4.69) is 20.4 Å². The number of fused-ring (bicyclic) bond motifs is 3. The average molecular weight is 502 g/mol. The minimum absolute atomic E-state index is 0.134. The SMILES string of the molecule is Cc1cc(N2C[C@H]3CC[C@@H](C2)C3Cc2nc3c(-c4cc(F)cc(C(F)(F)F)c4)cccn3n2)sn1. The van der Waals surface area contributed by atoms with Gasteiger partial charge in [0.25, 0.3) is 0 Å². The van der Waals surface area contributed by atoms with E-state index >= 15 is 0 Å². The van der Waals surface area contributed by atoms with Gasteiger partial charge in [0.05, 0.1) is 11.3 Å². The standard InChI is InChI=1S/C25H23F4N5S/c1-14-7-23(35-32-14)33-12-15-4-5-16(13-33)21(15)11-22-30-24-20(3-2-6-34(24)31-22)17-8-18(25(27,28)29)10-19(26)9-17/h2-3,6-10,15-16,21H,4-5,11-13H2,1H3/t15-,16+,21?. The number of halogens is 4. The highest BCUT2D eigenvalue weighted by molar-refractivity contribution is 7.10. The molecular formula is C25H23F4N5S. The first-order chi connectivity index (χ1) is 16.7. The van der Waals surface area contributed by atoms with Gasteiger partial charge in [-0.05, 0) is 91.0 Å². The number of aromatic nitrogens is 4. The number of aryl methyl sites for hydroxylation is 1. The predicted octanol–water partition coefficient (Wildman–Crippen LogP) is 6.02. The number of anilines is 1. The Morgan fingerprint density at radius 3 is 2.54 bits per heavy atom. The maximum absolute atomic E-state index is 14.1. The largest absolute Gasteiger partial charge is 0.416 e. The van der Waals surface area contributed by atoms with Gasteiger partial charge in [-0.15, -0.1) is 0 Å². The number of rotatable bonds is 4. The fourth-order valence-corrected chi connectivity index (χ4v) is 6.51. The van der Waals surface area contributed by atoms with Gasteiger partial charge < -0.3 is 4.90 Å². The Morgan fingerprint density at radius 1 is 1.09 bits per heavy atom. The van der Waals surface area contributed by atoms with Crippen LogP contribution in [0.25, 0.3) is 16.8 Å². The number of piperidine rings is 1. The Hall–Kier alpha value is -3.01. The Balaban J connectivity index is 1.28. The Bertz CT molecular complexity index is 1380. The van der Waals surface area contributed by atoms with Gasteiger partial charge in [-0.2, -0.15) is 22.6 Å². The molecule has 0 radical (unpaired) electrons. The molecule has 5 nitrogen and oxygen atoms in total. The average Bonchev–Trinajstić information content (AvgIpc) is 3.48. The minimum Gasteiger partial charge on any atom is -0.362 e. The molecule has 3 atom stereocenters. The monoisotopic (exact) mass is 501 g/mol. The first kappa shape index (κ1) is 22.5. The minimum atomic E-state index is -4.63. The third kappa shape index (κ3) is 4.17. The first-order valence-corrected chi connectivity index (χ1v) is 12.4. The van der Waals surface area contributed by atoms with Crippen LogP contribution in [0.4, 0.5) is 22.6 Å². The molecule has 1 unspecified atom stereocenters. The molecule has 4 aromatic rings. The van der Waals surface area contributed by atoms with E-state index in [1.165, 1.54) is 17.8 Å². The van der Waals surface area contributed by atoms with Gasteiger partial charge in [0.2, 0.25) is 0 Å². The summed E-state index contributed by atoms with van der Waals surface area (Å²) in [5.74, 6) is 1.29. The van der Waals surface area contributed by atoms with E-state index in [1.807, 2.05) is 6.92 Å². The summed E-state index contributed by atoms with van der Waals surface area (Å²) in [6.45, 7) is 3.99. The number of alkyl halides is 3. The van der Waals surface area contributed by atoms with Gasteiger partial charge in [0, 0.05) is 31.3 Å². The second-order valence-corrected chi connectivity index (χ2v) is 10.4. The number of hydrogen-bond donors (Lipinski definition) is 0. The van der Waals surface area contributed by atoms with Gasteiger partial charge in [0.15, 0.2) is 11.5 Å². The summed E-state index contributed by atoms with van der Waals surface area (Å²) < 4.78 is 59.8. The Kier molecular flexibility index (Phi) is 5.32. The molecule has 1 aliphatic heterocycles. The molecule has 182 valence electrons. The van der Waals surface area contributed by atoms with E-state index in [1.54, 1.807) is 34.4 Å². The van der Waals surface area contributed by atoms with E-state index in [4.69, 9.17) is 4.98 Å². The normalized spacial score (nSPS) is 22.3. The maximum Gasteiger partial charge on any atom is 0.416 e. The fraction of sp³-hybridized carbons (Fsp3) is 0.400. The number of pyridine rings is 1. The molecule has 2 bridgehead atoms. The van der Waals surface area contributed by atoms with Crippen molar-refractivity contribution in [3.63, 3.8) is 0 Å². The first-order valence-electron chi connectivity index (χ1n) is 11.7. The maximum atomic E-state index is 14.1. The van der Waals surface area contributed by atoms with E-state index in [0.717, 1.165) is 37.3 Å². The van der Waals surface area contributed by atoms with Crippen LogP contribution >= 0.6 is 11.5 Å². The molecule has 1 aliphatic carbocycles. The van der Waals surface area contributed by atoms with Crippen LogP contribution in [0, 0.1) is 30.5 Å². The molecule has 1 saturated heterocycles. The summed E-state index contributed by atoms with van der Waals surface area (Å²) in [6.07, 6.45) is 0.163. The molecule has 6 rings (SSSR count). The van der Waals surface area contributed by atoms with Crippen molar-refractivity contribution < 1.29 is 17.6 Å². The lowest BCUT2D eigenvalue weighted by atomic mass is 9.82. The van der Waals surface area contributed by atoms with Crippen LogP contribution in [0.5, 0.6) is 0 Å². The second kappa shape index (κ2) is 8.29. The molecule has 2 fully saturated rings. The zero-order chi connectivity index (χ0) is 24.3. The lowest BCUT2D eigenvalue weighted by Crippen LogP contribution is -2.42. The highest BCUT2D eigenvalue weighted by Gasteiger charge is 2.42. The quantitative estimate of drug-likeness (QED) is 0.321. The zero-order valence-electron chi connectivity index (χ0n) is 19.0. The Labute approximate surface area is 203 Å². The van der Waals surface area contributed by atoms with Crippen LogP contribution in [0.2, 0.25) is 0 Å². The highest BCUT2D eigenvalue weighted by Crippen LogP contribution is 2.45. The van der Waals surface area contributed by atoms with Crippen LogP contribution in [0.15, 0.2) is 42.6 Å². The lowest BCUT2D eigenvalue weighted by molar-refractivity contribution is -0.137. The molecule has 35 heavy (non-hydrogen) atoms. The van der Waals surface area contributed by atoms with Gasteiger partial charge in [-0.3, -0.25) is 0 Å². The number of nitrogens with zero attached hydrogens (tertiary/aromatic N) is 5. The molecule has 10 heteroatoms. The van der Waals surface area contributed by atoms with E-state index in [-0.39, 0.29) is 5.56 Å². The zero-order valence-corrected chi connectivity index (χ0v) is 19.8. The van der Waals surface area contributed by atoms with Crippen molar-refractivity contribution in [2.75, 3.05) is 18.0 Å². The molecular weight excluding hydrogens is 478 g/mol. The molecule has 0 N–H and O–H groups in total. The van der Waals surface area contributed by atoms with E-state index in [9.17, 15) is 17.6 Å². The van der Waals surface area contributed by atoms with Gasteiger partial charge in [0.1, 0.15) is 10.8 Å². The van der Waals surface area contributed by atoms with Crippen LogP contribution in [0.3, 0.4) is 0 Å². The summed E-state index contributed by atoms with van der Waals surface area (Å²) in [4.78, 5) is 7.15. The molecule has 0 amide bonds. The number of hydrogen-bond acceptors (Lipinski definition) is 5. The highest BCUT2D eigenvalue weighted by atomic mass is 32.1. The summed E-state index contributed by atoms with van der Waals surface area (Å²) in [7, 11) is 0. The van der Waals surface area contributed by atoms with Crippen molar-refractivity contribution in [1.82, 2.24) is 19.0 Å². The topological polar surface area (TPSA) is 46.3 Å². The summed E-state index contributed by atoms with van der Waals surface area (Å²) in [5.41, 5.74) is 1.02. The third-order valence-electron chi connectivity index (χ3n) is 7.32. The lowest BCUT2D eigenvalue weighted by Gasteiger charge is -2.38. The molecule has 0 spiro atoms.